The first-order valence-electron chi connectivity index (χ1n) is 6.95. The van der Waals surface area contributed by atoms with Gasteiger partial charge >= 0.3 is 0 Å². The van der Waals surface area contributed by atoms with Crippen LogP contribution in [0.3, 0.4) is 0 Å². The summed E-state index contributed by atoms with van der Waals surface area (Å²) in [7, 11) is 0. The van der Waals surface area contributed by atoms with Gasteiger partial charge in [-0.05, 0) is 39.5 Å². The van der Waals surface area contributed by atoms with Gasteiger partial charge in [0.05, 0.1) is 0 Å². The van der Waals surface area contributed by atoms with Gasteiger partial charge in [0.25, 0.3) is 0 Å². The summed E-state index contributed by atoms with van der Waals surface area (Å²) < 4.78 is 0. The molecule has 1 heterocycles. The van der Waals surface area contributed by atoms with Gasteiger partial charge in [-0.2, -0.15) is 0 Å². The van der Waals surface area contributed by atoms with E-state index in [1.807, 2.05) is 6.07 Å². The molecule has 1 fully saturated rings. The molecule has 0 bridgehead atoms. The van der Waals surface area contributed by atoms with Crippen LogP contribution in [0.15, 0.2) is 6.07 Å². The smallest absolute Gasteiger partial charge is 0.132 e. The first-order valence-corrected chi connectivity index (χ1v) is 6.95. The number of nitrogens with zero attached hydrogens (tertiary/aromatic N) is 2. The largest absolute Gasteiger partial charge is 0.370 e. The molecule has 100 valence electrons. The third-order valence-corrected chi connectivity index (χ3v) is 3.49. The molecule has 1 aromatic heterocycles. The first-order chi connectivity index (χ1) is 8.55. The van der Waals surface area contributed by atoms with Crippen molar-refractivity contribution in [1.29, 1.82) is 0 Å². The summed E-state index contributed by atoms with van der Waals surface area (Å²) in [6.45, 7) is 9.55. The minimum Gasteiger partial charge on any atom is -0.370 e. The highest BCUT2D eigenvalue weighted by atomic mass is 15.1. The fourth-order valence-corrected chi connectivity index (χ4v) is 2.23. The Hall–Kier alpha value is -1.32. The number of hydrogen-bond donors (Lipinski definition) is 2. The van der Waals surface area contributed by atoms with E-state index in [-0.39, 0.29) is 5.54 Å². The van der Waals surface area contributed by atoms with Gasteiger partial charge in [-0.15, -0.1) is 0 Å². The molecule has 1 aliphatic rings. The van der Waals surface area contributed by atoms with Crippen LogP contribution in [0.25, 0.3) is 0 Å². The van der Waals surface area contributed by atoms with Gasteiger partial charge in [0, 0.05) is 24.6 Å². The Morgan fingerprint density at radius 2 is 1.89 bits per heavy atom. The second-order valence-electron chi connectivity index (χ2n) is 5.56. The van der Waals surface area contributed by atoms with Crippen molar-refractivity contribution in [2.24, 2.45) is 5.92 Å². The summed E-state index contributed by atoms with van der Waals surface area (Å²) >= 11 is 0. The molecular formula is C14H24N4. The van der Waals surface area contributed by atoms with Crippen molar-refractivity contribution >= 4 is 11.6 Å². The normalized spacial score (nSPS) is 15.6. The predicted octanol–water partition coefficient (Wildman–Crippen LogP) is 3.07. The van der Waals surface area contributed by atoms with Crippen molar-refractivity contribution < 1.29 is 0 Å². The van der Waals surface area contributed by atoms with Crippen LogP contribution in [0.4, 0.5) is 11.6 Å². The van der Waals surface area contributed by atoms with Gasteiger partial charge in [-0.25, -0.2) is 9.97 Å². The molecule has 2 rings (SSSR count). The van der Waals surface area contributed by atoms with Gasteiger partial charge < -0.3 is 10.6 Å². The molecule has 4 nitrogen and oxygen atoms in total. The lowest BCUT2D eigenvalue weighted by atomic mass is 9.99. The van der Waals surface area contributed by atoms with E-state index in [1.165, 1.54) is 12.8 Å². The summed E-state index contributed by atoms with van der Waals surface area (Å²) in [5.41, 5.74) is 0.128. The number of hydrogen-bond acceptors (Lipinski definition) is 4. The lowest BCUT2D eigenvalue weighted by molar-refractivity contribution is 0.492. The maximum Gasteiger partial charge on any atom is 0.132 e. The highest BCUT2D eigenvalue weighted by molar-refractivity contribution is 5.49. The second-order valence-corrected chi connectivity index (χ2v) is 5.56. The Morgan fingerprint density at radius 3 is 2.44 bits per heavy atom. The molecule has 1 aliphatic carbocycles. The standard InChI is InChI=1S/C14H24N4/c1-5-11-16-12(15-6-2)9-13(17-11)18-14(3,4)10-7-8-10/h9-10H,5-8H2,1-4H3,(H2,15,16,17,18). The van der Waals surface area contributed by atoms with E-state index < -0.39 is 0 Å². The Kier molecular flexibility index (Phi) is 3.73. The van der Waals surface area contributed by atoms with Crippen LogP contribution < -0.4 is 10.6 Å². The molecule has 1 aromatic rings. The lowest BCUT2D eigenvalue weighted by Crippen LogP contribution is -2.33. The van der Waals surface area contributed by atoms with Gasteiger partial charge in [-0.3, -0.25) is 0 Å². The molecule has 4 heteroatoms. The summed E-state index contributed by atoms with van der Waals surface area (Å²) in [6.07, 6.45) is 3.51. The molecule has 0 spiro atoms. The van der Waals surface area contributed by atoms with E-state index >= 15 is 0 Å². The second kappa shape index (κ2) is 5.12. The van der Waals surface area contributed by atoms with Gasteiger partial charge in [-0.1, -0.05) is 6.92 Å². The van der Waals surface area contributed by atoms with E-state index in [2.05, 4.69) is 48.3 Å². The highest BCUT2D eigenvalue weighted by Crippen LogP contribution is 2.40. The van der Waals surface area contributed by atoms with E-state index in [4.69, 9.17) is 0 Å². The number of anilines is 2. The Morgan fingerprint density at radius 1 is 1.22 bits per heavy atom. The molecule has 0 radical (unpaired) electrons. The van der Waals surface area contributed by atoms with Crippen molar-refractivity contribution in [3.63, 3.8) is 0 Å². The van der Waals surface area contributed by atoms with Crippen molar-refractivity contribution in [1.82, 2.24) is 9.97 Å². The Bertz CT molecular complexity index is 410. The van der Waals surface area contributed by atoms with Crippen molar-refractivity contribution in [2.75, 3.05) is 17.2 Å². The number of aryl methyl sites for hydroxylation is 1. The lowest BCUT2D eigenvalue weighted by Gasteiger charge is -2.27. The van der Waals surface area contributed by atoms with Crippen LogP contribution >= 0.6 is 0 Å². The molecule has 0 atom stereocenters. The summed E-state index contributed by atoms with van der Waals surface area (Å²) in [5.74, 6) is 3.52. The monoisotopic (exact) mass is 248 g/mol. The minimum atomic E-state index is 0.128. The predicted molar refractivity (Wildman–Crippen MR) is 76.0 cm³/mol. The average molecular weight is 248 g/mol. The molecule has 0 amide bonds. The molecule has 18 heavy (non-hydrogen) atoms. The van der Waals surface area contributed by atoms with Crippen LogP contribution in [0, 0.1) is 5.92 Å². The van der Waals surface area contributed by atoms with Crippen molar-refractivity contribution in [3.05, 3.63) is 11.9 Å². The Balaban J connectivity index is 2.17. The quantitative estimate of drug-likeness (QED) is 0.812. The maximum absolute atomic E-state index is 4.57. The van der Waals surface area contributed by atoms with Gasteiger partial charge in [0.2, 0.25) is 0 Å². The van der Waals surface area contributed by atoms with Crippen molar-refractivity contribution in [3.8, 4) is 0 Å². The molecular weight excluding hydrogens is 224 g/mol. The van der Waals surface area contributed by atoms with Crippen LogP contribution in [0.1, 0.15) is 46.4 Å². The molecule has 0 aliphatic heterocycles. The summed E-state index contributed by atoms with van der Waals surface area (Å²) in [5, 5.41) is 6.82. The average Bonchev–Trinajstić information content (AvgIpc) is 3.12. The Labute approximate surface area is 110 Å². The minimum absolute atomic E-state index is 0.128. The number of nitrogens with one attached hydrogen (secondary N) is 2. The van der Waals surface area contributed by atoms with Crippen LogP contribution in [-0.4, -0.2) is 22.1 Å². The van der Waals surface area contributed by atoms with E-state index in [9.17, 15) is 0 Å². The van der Waals surface area contributed by atoms with E-state index in [1.54, 1.807) is 0 Å². The zero-order valence-electron chi connectivity index (χ0n) is 11.9. The van der Waals surface area contributed by atoms with Gasteiger partial charge in [0.15, 0.2) is 0 Å². The van der Waals surface area contributed by atoms with Crippen molar-refractivity contribution in [2.45, 2.75) is 52.5 Å². The zero-order valence-corrected chi connectivity index (χ0v) is 11.9. The number of aromatic nitrogens is 2. The van der Waals surface area contributed by atoms with Gasteiger partial charge in [0.1, 0.15) is 17.5 Å². The highest BCUT2D eigenvalue weighted by Gasteiger charge is 2.37. The molecule has 1 saturated carbocycles. The number of rotatable bonds is 6. The maximum atomic E-state index is 4.57. The fraction of sp³-hybridized carbons (Fsp3) is 0.714. The third-order valence-electron chi connectivity index (χ3n) is 3.49. The molecule has 2 N–H and O–H groups in total. The molecule has 0 saturated heterocycles. The molecule has 0 aromatic carbocycles. The first kappa shape index (κ1) is 13.1. The summed E-state index contributed by atoms with van der Waals surface area (Å²) in [4.78, 5) is 9.04. The fourth-order valence-electron chi connectivity index (χ4n) is 2.23. The molecule has 0 unspecified atom stereocenters. The van der Waals surface area contributed by atoms with E-state index in [0.29, 0.717) is 0 Å². The van der Waals surface area contributed by atoms with Crippen LogP contribution in [0.2, 0.25) is 0 Å². The topological polar surface area (TPSA) is 49.8 Å². The third kappa shape index (κ3) is 3.12. The van der Waals surface area contributed by atoms with Crippen LogP contribution in [0.5, 0.6) is 0 Å². The summed E-state index contributed by atoms with van der Waals surface area (Å²) in [6, 6.07) is 2.01. The zero-order chi connectivity index (χ0) is 13.2. The SMILES string of the molecule is CCNc1cc(NC(C)(C)C2CC2)nc(CC)n1. The van der Waals surface area contributed by atoms with Crippen LogP contribution in [-0.2, 0) is 6.42 Å². The van der Waals surface area contributed by atoms with E-state index in [0.717, 1.165) is 36.3 Å².